The van der Waals surface area contributed by atoms with E-state index in [1.165, 1.54) is 0 Å². The van der Waals surface area contributed by atoms with Gasteiger partial charge >= 0.3 is 5.97 Å². The van der Waals surface area contributed by atoms with Gasteiger partial charge in [0, 0.05) is 19.2 Å². The molecule has 1 unspecified atom stereocenters. The molecule has 0 saturated carbocycles. The number of fused-ring (bicyclic) bond motifs is 1. The van der Waals surface area contributed by atoms with Crippen LogP contribution in [0.25, 0.3) is 11.5 Å². The fraction of sp³-hybridized carbons (Fsp3) is 0.333. The van der Waals surface area contributed by atoms with Crippen molar-refractivity contribution in [3.05, 3.63) is 30.4 Å². The van der Waals surface area contributed by atoms with Gasteiger partial charge in [-0.05, 0) is 18.6 Å². The molecule has 3 rings (SSSR count). The molecule has 17 heavy (non-hydrogen) atoms. The molecule has 1 aliphatic rings. The van der Waals surface area contributed by atoms with Crippen LogP contribution in [0, 0.1) is 5.92 Å². The molecular weight excluding hydrogens is 220 g/mol. The van der Waals surface area contributed by atoms with Gasteiger partial charge in [-0.25, -0.2) is 4.98 Å². The number of nitrogens with zero attached hydrogens (tertiary/aromatic N) is 2. The second-order valence-electron chi connectivity index (χ2n) is 4.25. The lowest BCUT2D eigenvalue weighted by Gasteiger charge is -2.19. The lowest BCUT2D eigenvalue weighted by Crippen LogP contribution is -2.26. The number of aryl methyl sites for hydroxylation is 1. The highest BCUT2D eigenvalue weighted by molar-refractivity contribution is 5.70. The van der Waals surface area contributed by atoms with Crippen LogP contribution >= 0.6 is 0 Å². The van der Waals surface area contributed by atoms with Crippen LogP contribution in [0.2, 0.25) is 0 Å². The summed E-state index contributed by atoms with van der Waals surface area (Å²) in [6.45, 7) is 0.498. The van der Waals surface area contributed by atoms with E-state index in [4.69, 9.17) is 9.52 Å². The second-order valence-corrected chi connectivity index (χ2v) is 4.25. The summed E-state index contributed by atoms with van der Waals surface area (Å²) in [4.78, 5) is 15.4. The molecule has 3 heterocycles. The maximum Gasteiger partial charge on any atom is 0.308 e. The maximum absolute atomic E-state index is 10.9. The third-order valence-electron chi connectivity index (χ3n) is 3.12. The van der Waals surface area contributed by atoms with Crippen molar-refractivity contribution >= 4 is 5.97 Å². The van der Waals surface area contributed by atoms with Crippen molar-refractivity contribution in [1.29, 1.82) is 0 Å². The number of aliphatic carboxylic acids is 1. The van der Waals surface area contributed by atoms with Crippen LogP contribution in [0.5, 0.6) is 0 Å². The molecule has 88 valence electrons. The van der Waals surface area contributed by atoms with Gasteiger partial charge in [-0.3, -0.25) is 4.79 Å². The summed E-state index contributed by atoms with van der Waals surface area (Å²) >= 11 is 0. The van der Waals surface area contributed by atoms with Crippen LogP contribution in [0.3, 0.4) is 0 Å². The molecule has 2 aromatic rings. The maximum atomic E-state index is 10.9. The normalized spacial score (nSPS) is 18.9. The molecule has 1 N–H and O–H groups in total. The minimum Gasteiger partial charge on any atom is -0.481 e. The summed E-state index contributed by atoms with van der Waals surface area (Å²) < 4.78 is 7.20. The van der Waals surface area contributed by atoms with Gasteiger partial charge in [-0.15, -0.1) is 0 Å². The molecule has 0 radical (unpaired) electrons. The first kappa shape index (κ1) is 10.1. The van der Waals surface area contributed by atoms with E-state index in [0.29, 0.717) is 19.4 Å². The Balaban J connectivity index is 1.92. The highest BCUT2D eigenvalue weighted by Crippen LogP contribution is 2.25. The van der Waals surface area contributed by atoms with Crippen molar-refractivity contribution in [1.82, 2.24) is 9.55 Å². The van der Waals surface area contributed by atoms with E-state index < -0.39 is 5.97 Å². The van der Waals surface area contributed by atoms with E-state index in [1.807, 2.05) is 22.9 Å². The minimum atomic E-state index is -0.733. The molecule has 5 heteroatoms. The SMILES string of the molecule is O=C(O)C1CCc2nc(-c3ccco3)cn2C1. The van der Waals surface area contributed by atoms with Gasteiger partial charge in [0.05, 0.1) is 12.2 Å². The summed E-state index contributed by atoms with van der Waals surface area (Å²) in [5, 5.41) is 9.00. The number of imidazole rings is 1. The number of carbonyl (C=O) groups is 1. The number of hydrogen-bond donors (Lipinski definition) is 1. The first-order chi connectivity index (χ1) is 8.24. The summed E-state index contributed by atoms with van der Waals surface area (Å²) in [6, 6.07) is 3.66. The molecule has 0 saturated heterocycles. The second kappa shape index (κ2) is 3.76. The van der Waals surface area contributed by atoms with Crippen molar-refractivity contribution in [2.45, 2.75) is 19.4 Å². The van der Waals surface area contributed by atoms with Gasteiger partial charge in [0.15, 0.2) is 5.76 Å². The van der Waals surface area contributed by atoms with Crippen molar-refractivity contribution < 1.29 is 14.3 Å². The van der Waals surface area contributed by atoms with Crippen LogP contribution in [-0.4, -0.2) is 20.6 Å². The first-order valence-corrected chi connectivity index (χ1v) is 5.57. The number of carboxylic acid groups (broad SMARTS) is 1. The zero-order valence-corrected chi connectivity index (χ0v) is 9.17. The van der Waals surface area contributed by atoms with Crippen molar-refractivity contribution in [3.63, 3.8) is 0 Å². The average Bonchev–Trinajstić information content (AvgIpc) is 2.96. The Bertz CT molecular complexity index is 542. The van der Waals surface area contributed by atoms with Gasteiger partial charge < -0.3 is 14.1 Å². The summed E-state index contributed by atoms with van der Waals surface area (Å²) in [5.41, 5.74) is 0.774. The quantitative estimate of drug-likeness (QED) is 0.857. The van der Waals surface area contributed by atoms with Crippen LogP contribution in [0.4, 0.5) is 0 Å². The first-order valence-electron chi connectivity index (χ1n) is 5.57. The monoisotopic (exact) mass is 232 g/mol. The van der Waals surface area contributed by atoms with Gasteiger partial charge in [-0.2, -0.15) is 0 Å². The fourth-order valence-corrected chi connectivity index (χ4v) is 2.19. The summed E-state index contributed by atoms with van der Waals surface area (Å²) in [6.07, 6.45) is 4.83. The number of furan rings is 1. The molecule has 1 atom stereocenters. The average molecular weight is 232 g/mol. The van der Waals surface area contributed by atoms with Gasteiger partial charge in [0.2, 0.25) is 0 Å². The van der Waals surface area contributed by atoms with E-state index in [-0.39, 0.29) is 5.92 Å². The predicted molar refractivity (Wildman–Crippen MR) is 59.4 cm³/mol. The lowest BCUT2D eigenvalue weighted by atomic mass is 10.00. The van der Waals surface area contributed by atoms with Crippen LogP contribution < -0.4 is 0 Å². The number of aromatic nitrogens is 2. The molecule has 0 bridgehead atoms. The Morgan fingerprint density at radius 3 is 3.18 bits per heavy atom. The van der Waals surface area contributed by atoms with E-state index in [1.54, 1.807) is 6.26 Å². The van der Waals surface area contributed by atoms with Gasteiger partial charge in [0.25, 0.3) is 0 Å². The largest absolute Gasteiger partial charge is 0.481 e. The Labute approximate surface area is 97.7 Å². The Kier molecular flexibility index (Phi) is 2.24. The number of hydrogen-bond acceptors (Lipinski definition) is 3. The zero-order valence-electron chi connectivity index (χ0n) is 9.17. The summed E-state index contributed by atoms with van der Waals surface area (Å²) in [5.74, 6) is 0.623. The third kappa shape index (κ3) is 1.73. The van der Waals surface area contributed by atoms with Gasteiger partial charge in [0.1, 0.15) is 11.5 Å². The number of carboxylic acids is 1. The molecule has 0 aliphatic carbocycles. The van der Waals surface area contributed by atoms with Crippen LogP contribution in [0.15, 0.2) is 29.0 Å². The highest BCUT2D eigenvalue weighted by Gasteiger charge is 2.25. The molecule has 0 fully saturated rings. The molecule has 0 spiro atoms. The molecule has 1 aliphatic heterocycles. The molecule has 5 nitrogen and oxygen atoms in total. The van der Waals surface area contributed by atoms with Crippen LogP contribution in [0.1, 0.15) is 12.2 Å². The highest BCUT2D eigenvalue weighted by atomic mass is 16.4. The van der Waals surface area contributed by atoms with Gasteiger partial charge in [-0.1, -0.05) is 0 Å². The van der Waals surface area contributed by atoms with Crippen molar-refractivity contribution in [3.8, 4) is 11.5 Å². The van der Waals surface area contributed by atoms with E-state index in [0.717, 1.165) is 17.3 Å². The molecular formula is C12H12N2O3. The fourth-order valence-electron chi connectivity index (χ4n) is 2.19. The Morgan fingerprint density at radius 1 is 1.59 bits per heavy atom. The van der Waals surface area contributed by atoms with Crippen molar-refractivity contribution in [2.24, 2.45) is 5.92 Å². The molecule has 0 amide bonds. The third-order valence-corrected chi connectivity index (χ3v) is 3.12. The molecule has 0 aromatic carbocycles. The van der Waals surface area contributed by atoms with Crippen molar-refractivity contribution in [2.75, 3.05) is 0 Å². The van der Waals surface area contributed by atoms with E-state index >= 15 is 0 Å². The lowest BCUT2D eigenvalue weighted by molar-refractivity contribution is -0.142. The standard InChI is InChI=1S/C12H12N2O3/c15-12(16)8-3-4-11-13-9(7-14(11)6-8)10-2-1-5-17-10/h1-2,5,7-8H,3-4,6H2,(H,15,16). The minimum absolute atomic E-state index is 0.304. The van der Waals surface area contributed by atoms with Crippen LogP contribution in [-0.2, 0) is 17.8 Å². The zero-order chi connectivity index (χ0) is 11.8. The molecule has 2 aromatic heterocycles. The predicted octanol–water partition coefficient (Wildman–Crippen LogP) is 1.79. The Hall–Kier alpha value is -2.04. The van der Waals surface area contributed by atoms with E-state index in [9.17, 15) is 4.79 Å². The van der Waals surface area contributed by atoms with E-state index in [2.05, 4.69) is 4.98 Å². The summed E-state index contributed by atoms with van der Waals surface area (Å²) in [7, 11) is 0. The Morgan fingerprint density at radius 2 is 2.47 bits per heavy atom. The number of rotatable bonds is 2. The topological polar surface area (TPSA) is 68.3 Å². The smallest absolute Gasteiger partial charge is 0.308 e.